The number of benzene rings is 1. The Balaban J connectivity index is 1.75. The number of fused-ring (bicyclic) bond motifs is 1. The van der Waals surface area contributed by atoms with Crippen molar-refractivity contribution in [3.05, 3.63) is 35.1 Å². The Hall–Kier alpha value is -0.930. The molecular weight excluding hydrogens is 215 g/mol. The van der Waals surface area contributed by atoms with Crippen LogP contribution in [0.2, 0.25) is 0 Å². The molecule has 1 aliphatic heterocycles. The van der Waals surface area contributed by atoms with Gasteiger partial charge in [0.2, 0.25) is 0 Å². The molecule has 0 spiro atoms. The number of nitrogens with one attached hydrogen (secondary N) is 1. The van der Waals surface area contributed by atoms with Gasteiger partial charge in [-0.1, -0.05) is 6.07 Å². The maximum Gasteiger partial charge on any atom is 0.123 e. The molecule has 2 nitrogen and oxygen atoms in total. The molecule has 0 aromatic heterocycles. The molecule has 1 fully saturated rings. The van der Waals surface area contributed by atoms with Crippen molar-refractivity contribution in [2.24, 2.45) is 0 Å². The summed E-state index contributed by atoms with van der Waals surface area (Å²) in [5.74, 6) is -0.0929. The summed E-state index contributed by atoms with van der Waals surface area (Å²) in [6.45, 7) is 4.45. The van der Waals surface area contributed by atoms with Gasteiger partial charge in [0.15, 0.2) is 0 Å². The zero-order valence-electron chi connectivity index (χ0n) is 10.1. The maximum absolute atomic E-state index is 13.2. The van der Waals surface area contributed by atoms with Crippen LogP contribution in [0.15, 0.2) is 18.2 Å². The predicted octanol–water partition coefficient (Wildman–Crippen LogP) is 1.59. The molecule has 1 saturated heterocycles. The molecule has 0 saturated carbocycles. The molecule has 92 valence electrons. The third-order valence-electron chi connectivity index (χ3n) is 4.04. The molecule has 1 aromatic carbocycles. The van der Waals surface area contributed by atoms with E-state index in [4.69, 9.17) is 0 Å². The molecule has 0 amide bonds. The fourth-order valence-electron chi connectivity index (χ4n) is 3.07. The summed E-state index contributed by atoms with van der Waals surface area (Å²) in [6, 6.07) is 5.89. The number of rotatable bonds is 1. The van der Waals surface area contributed by atoms with Crippen LogP contribution >= 0.6 is 0 Å². The van der Waals surface area contributed by atoms with Gasteiger partial charge in [0, 0.05) is 32.2 Å². The summed E-state index contributed by atoms with van der Waals surface area (Å²) in [7, 11) is 0. The van der Waals surface area contributed by atoms with E-state index in [0.717, 1.165) is 39.0 Å². The largest absolute Gasteiger partial charge is 0.314 e. The first-order valence-corrected chi connectivity index (χ1v) is 6.55. The van der Waals surface area contributed by atoms with Crippen molar-refractivity contribution in [1.82, 2.24) is 10.2 Å². The van der Waals surface area contributed by atoms with E-state index >= 15 is 0 Å². The lowest BCUT2D eigenvalue weighted by Crippen LogP contribution is -2.50. The highest BCUT2D eigenvalue weighted by Crippen LogP contribution is 2.25. The van der Waals surface area contributed by atoms with Gasteiger partial charge in [0.25, 0.3) is 0 Å². The molecule has 3 rings (SSSR count). The Morgan fingerprint density at radius 2 is 2.00 bits per heavy atom. The Kier molecular flexibility index (Phi) is 3.12. The zero-order valence-corrected chi connectivity index (χ0v) is 10.1. The first kappa shape index (κ1) is 11.2. The molecule has 1 unspecified atom stereocenters. The number of nitrogens with zero attached hydrogens (tertiary/aromatic N) is 1. The minimum absolute atomic E-state index is 0.0929. The van der Waals surface area contributed by atoms with Crippen molar-refractivity contribution < 1.29 is 4.39 Å². The smallest absolute Gasteiger partial charge is 0.123 e. The number of piperazine rings is 1. The average Bonchev–Trinajstić information content (AvgIpc) is 2.39. The fourth-order valence-corrected chi connectivity index (χ4v) is 3.07. The summed E-state index contributed by atoms with van der Waals surface area (Å²) in [5, 5.41) is 3.38. The second-order valence-electron chi connectivity index (χ2n) is 5.10. The number of hydrogen-bond acceptors (Lipinski definition) is 2. The van der Waals surface area contributed by atoms with E-state index in [9.17, 15) is 4.39 Å². The van der Waals surface area contributed by atoms with Gasteiger partial charge in [-0.3, -0.25) is 4.90 Å². The van der Waals surface area contributed by atoms with Crippen molar-refractivity contribution in [3.63, 3.8) is 0 Å². The van der Waals surface area contributed by atoms with Crippen LogP contribution in [0.4, 0.5) is 4.39 Å². The highest BCUT2D eigenvalue weighted by Gasteiger charge is 2.25. The van der Waals surface area contributed by atoms with Crippen molar-refractivity contribution in [1.29, 1.82) is 0 Å². The van der Waals surface area contributed by atoms with Crippen LogP contribution in [0.25, 0.3) is 0 Å². The lowest BCUT2D eigenvalue weighted by atomic mass is 9.87. The van der Waals surface area contributed by atoms with Crippen LogP contribution in [0.5, 0.6) is 0 Å². The van der Waals surface area contributed by atoms with Gasteiger partial charge in [-0.25, -0.2) is 4.39 Å². The van der Waals surface area contributed by atoms with E-state index in [1.54, 1.807) is 12.1 Å². The minimum Gasteiger partial charge on any atom is -0.314 e. The third kappa shape index (κ3) is 2.35. The molecule has 1 aromatic rings. The van der Waals surface area contributed by atoms with Crippen LogP contribution in [0, 0.1) is 5.82 Å². The van der Waals surface area contributed by atoms with Gasteiger partial charge in [0.1, 0.15) is 5.82 Å². The second kappa shape index (κ2) is 4.75. The van der Waals surface area contributed by atoms with Gasteiger partial charge >= 0.3 is 0 Å². The Morgan fingerprint density at radius 3 is 2.82 bits per heavy atom. The van der Waals surface area contributed by atoms with E-state index < -0.39 is 0 Å². The first-order valence-electron chi connectivity index (χ1n) is 6.55. The molecule has 1 atom stereocenters. The fraction of sp³-hybridized carbons (Fsp3) is 0.571. The van der Waals surface area contributed by atoms with Crippen LogP contribution in [0.1, 0.15) is 17.5 Å². The molecule has 2 aliphatic rings. The van der Waals surface area contributed by atoms with Gasteiger partial charge in [-0.05, 0) is 42.5 Å². The van der Waals surface area contributed by atoms with Crippen LogP contribution < -0.4 is 5.32 Å². The molecule has 17 heavy (non-hydrogen) atoms. The van der Waals surface area contributed by atoms with Crippen molar-refractivity contribution in [3.8, 4) is 0 Å². The Labute approximate surface area is 102 Å². The SMILES string of the molecule is Fc1ccc2c(c1)CC(N1CCNCC1)CC2. The van der Waals surface area contributed by atoms with Crippen molar-refractivity contribution in [2.75, 3.05) is 26.2 Å². The molecule has 0 radical (unpaired) electrons. The van der Waals surface area contributed by atoms with Crippen LogP contribution in [-0.2, 0) is 12.8 Å². The van der Waals surface area contributed by atoms with Crippen molar-refractivity contribution >= 4 is 0 Å². The highest BCUT2D eigenvalue weighted by molar-refractivity contribution is 5.31. The summed E-state index contributed by atoms with van der Waals surface area (Å²) in [4.78, 5) is 2.56. The van der Waals surface area contributed by atoms with E-state index in [2.05, 4.69) is 10.2 Å². The molecule has 1 heterocycles. The Morgan fingerprint density at radius 1 is 1.18 bits per heavy atom. The number of hydrogen-bond donors (Lipinski definition) is 1. The van der Waals surface area contributed by atoms with Gasteiger partial charge in [0.05, 0.1) is 0 Å². The minimum atomic E-state index is -0.0929. The maximum atomic E-state index is 13.2. The Bertz CT molecular complexity index is 399. The molecular formula is C14H19FN2. The molecule has 3 heteroatoms. The zero-order chi connectivity index (χ0) is 11.7. The summed E-state index contributed by atoms with van der Waals surface area (Å²) in [5.41, 5.74) is 2.57. The molecule has 0 bridgehead atoms. The van der Waals surface area contributed by atoms with E-state index in [-0.39, 0.29) is 5.82 Å². The molecule has 1 N–H and O–H groups in total. The topological polar surface area (TPSA) is 15.3 Å². The third-order valence-corrected chi connectivity index (χ3v) is 4.04. The van der Waals surface area contributed by atoms with Crippen LogP contribution in [-0.4, -0.2) is 37.1 Å². The highest BCUT2D eigenvalue weighted by atomic mass is 19.1. The average molecular weight is 234 g/mol. The van der Waals surface area contributed by atoms with E-state index in [1.165, 1.54) is 17.5 Å². The molecule has 1 aliphatic carbocycles. The quantitative estimate of drug-likeness (QED) is 0.794. The standard InChI is InChI=1S/C14H19FN2/c15-13-3-1-11-2-4-14(10-12(11)9-13)17-7-5-16-6-8-17/h1,3,9,14,16H,2,4-8,10H2. The van der Waals surface area contributed by atoms with Crippen LogP contribution in [0.3, 0.4) is 0 Å². The van der Waals surface area contributed by atoms with Gasteiger partial charge in [-0.15, -0.1) is 0 Å². The monoisotopic (exact) mass is 234 g/mol. The van der Waals surface area contributed by atoms with Gasteiger partial charge in [-0.2, -0.15) is 0 Å². The summed E-state index contributed by atoms with van der Waals surface area (Å²) in [6.07, 6.45) is 3.34. The first-order chi connectivity index (χ1) is 8.33. The van der Waals surface area contributed by atoms with E-state index in [1.807, 2.05) is 6.07 Å². The summed E-state index contributed by atoms with van der Waals surface area (Å²) >= 11 is 0. The number of aryl methyl sites for hydroxylation is 1. The summed E-state index contributed by atoms with van der Waals surface area (Å²) < 4.78 is 13.2. The second-order valence-corrected chi connectivity index (χ2v) is 5.10. The van der Waals surface area contributed by atoms with Crippen molar-refractivity contribution in [2.45, 2.75) is 25.3 Å². The lowest BCUT2D eigenvalue weighted by molar-refractivity contribution is 0.159. The normalized spacial score (nSPS) is 25.6. The van der Waals surface area contributed by atoms with E-state index in [0.29, 0.717) is 6.04 Å². The van der Waals surface area contributed by atoms with Gasteiger partial charge < -0.3 is 5.32 Å². The lowest BCUT2D eigenvalue weighted by Gasteiger charge is -2.37. The predicted molar refractivity (Wildman–Crippen MR) is 66.7 cm³/mol. The number of halogens is 1.